The summed E-state index contributed by atoms with van der Waals surface area (Å²) in [6.07, 6.45) is 1.68. The molecule has 3 aromatic carbocycles. The average molecular weight is 749 g/mol. The maximum absolute atomic E-state index is 13.8. The number of carbonyl (C=O) groups is 1. The number of benzene rings is 3. The highest BCUT2D eigenvalue weighted by Gasteiger charge is 2.33. The van der Waals surface area contributed by atoms with Crippen LogP contribution in [0.5, 0.6) is 0 Å². The predicted octanol–water partition coefficient (Wildman–Crippen LogP) is 4.52. The Morgan fingerprint density at radius 2 is 1.21 bits per heavy atom. The molecule has 2 aliphatic heterocycles. The lowest BCUT2D eigenvalue weighted by atomic mass is 10.1. The lowest BCUT2D eigenvalue weighted by Crippen LogP contribution is -2.48. The first-order chi connectivity index (χ1) is 24.7. The van der Waals surface area contributed by atoms with E-state index in [0.29, 0.717) is 11.4 Å². The Labute approximate surface area is 305 Å². The molecule has 0 aliphatic carbocycles. The predicted molar refractivity (Wildman–Crippen MR) is 197 cm³/mol. The molecule has 0 bridgehead atoms. The Kier molecular flexibility index (Phi) is 11.1. The van der Waals surface area contributed by atoms with Crippen molar-refractivity contribution in [1.82, 2.24) is 18.4 Å². The van der Waals surface area contributed by atoms with Crippen molar-refractivity contribution in [3.63, 3.8) is 0 Å². The molecule has 6 rings (SSSR count). The molecule has 2 fully saturated rings. The third-order valence-electron chi connectivity index (χ3n) is 8.89. The molecule has 2 saturated heterocycles. The smallest absolute Gasteiger partial charge is 0.278 e. The molecule has 1 N–H and O–H groups in total. The van der Waals surface area contributed by atoms with E-state index in [1.165, 1.54) is 45.0 Å². The van der Waals surface area contributed by atoms with Crippen molar-refractivity contribution in [3.8, 4) is 5.69 Å². The van der Waals surface area contributed by atoms with Crippen LogP contribution in [0.4, 0.5) is 11.4 Å². The number of carbonyl (C=O) groups excluding carboxylic acids is 1. The Hall–Kier alpha value is -4.25. The van der Waals surface area contributed by atoms with Crippen molar-refractivity contribution in [3.05, 3.63) is 102 Å². The Bertz CT molecular complexity index is 2170. The van der Waals surface area contributed by atoms with Crippen LogP contribution in [0.15, 0.2) is 99.8 Å². The Balaban J connectivity index is 1.29. The molecule has 1 amide bonds. The summed E-state index contributed by atoms with van der Waals surface area (Å²) in [5.41, 5.74) is 2.68. The zero-order chi connectivity index (χ0) is 37.2. The van der Waals surface area contributed by atoms with E-state index < -0.39 is 26.0 Å². The minimum atomic E-state index is -3.77. The van der Waals surface area contributed by atoms with E-state index in [2.05, 4.69) is 22.3 Å². The molecule has 4 aromatic rings. The van der Waals surface area contributed by atoms with Gasteiger partial charge < -0.3 is 14.8 Å². The SMILES string of the molecule is CCc1ccc(-n2ccc(=Nc3ccc(S(=O)(=O)N4C[C@@H](C)O[C@@H](C)C4)cc3)c(C(=O)Nc3ccc(S(=O)(=O)N4C[C@@H](C)O[C@H](C)C4)cc3)n2)cc1. The van der Waals surface area contributed by atoms with Crippen molar-refractivity contribution >= 4 is 37.3 Å². The molecule has 0 unspecified atom stereocenters. The van der Waals surface area contributed by atoms with Gasteiger partial charge in [0.1, 0.15) is 0 Å². The second kappa shape index (κ2) is 15.4. The second-order valence-electron chi connectivity index (χ2n) is 13.3. The first kappa shape index (κ1) is 37.5. The molecule has 52 heavy (non-hydrogen) atoms. The second-order valence-corrected chi connectivity index (χ2v) is 17.1. The molecule has 2 aliphatic rings. The lowest BCUT2D eigenvalue weighted by Gasteiger charge is -2.34. The Morgan fingerprint density at radius 1 is 0.731 bits per heavy atom. The van der Waals surface area contributed by atoms with Gasteiger partial charge in [0, 0.05) is 38.1 Å². The zero-order valence-corrected chi connectivity index (χ0v) is 31.5. The number of hydrogen-bond acceptors (Lipinski definition) is 9. The quantitative estimate of drug-likeness (QED) is 0.263. The zero-order valence-electron chi connectivity index (χ0n) is 29.8. The summed E-state index contributed by atoms with van der Waals surface area (Å²) >= 11 is 0. The summed E-state index contributed by atoms with van der Waals surface area (Å²) in [6.45, 7) is 10.5. The van der Waals surface area contributed by atoms with Gasteiger partial charge in [-0.3, -0.25) is 4.79 Å². The molecule has 0 saturated carbocycles. The minimum Gasteiger partial charge on any atom is -0.373 e. The number of ether oxygens (including phenoxy) is 2. The number of anilines is 1. The van der Waals surface area contributed by atoms with Crippen LogP contribution in [0.25, 0.3) is 5.69 Å². The molecule has 13 nitrogen and oxygen atoms in total. The summed E-state index contributed by atoms with van der Waals surface area (Å²) in [5, 5.41) is 7.72. The fourth-order valence-electron chi connectivity index (χ4n) is 6.38. The molecule has 3 heterocycles. The van der Waals surface area contributed by atoms with Crippen LogP contribution < -0.4 is 10.7 Å². The van der Waals surface area contributed by atoms with E-state index >= 15 is 0 Å². The number of amides is 1. The number of aryl methyl sites for hydroxylation is 1. The highest BCUT2D eigenvalue weighted by Crippen LogP contribution is 2.25. The monoisotopic (exact) mass is 748 g/mol. The van der Waals surface area contributed by atoms with Crippen LogP contribution in [0.1, 0.15) is 50.7 Å². The molecule has 0 spiro atoms. The first-order valence-electron chi connectivity index (χ1n) is 17.3. The van der Waals surface area contributed by atoms with E-state index in [-0.39, 0.29) is 71.4 Å². The van der Waals surface area contributed by atoms with Gasteiger partial charge in [-0.1, -0.05) is 19.1 Å². The molecule has 4 atom stereocenters. The third-order valence-corrected chi connectivity index (χ3v) is 12.6. The van der Waals surface area contributed by atoms with E-state index in [1.807, 2.05) is 52.0 Å². The van der Waals surface area contributed by atoms with E-state index in [9.17, 15) is 21.6 Å². The number of nitrogens with one attached hydrogen (secondary N) is 1. The average Bonchev–Trinajstić information content (AvgIpc) is 3.11. The third kappa shape index (κ3) is 8.35. The molecule has 276 valence electrons. The van der Waals surface area contributed by atoms with Crippen LogP contribution in [0.2, 0.25) is 0 Å². The standard InChI is InChI=1S/C37H44N6O7S2/c1-6-29-7-13-32(14-8-29)43-20-19-35(38-30-9-15-33(16-10-30)51(45,46)41-21-25(2)49-26(3)22-41)36(40-43)37(44)39-31-11-17-34(18-12-31)52(47,48)42-23-27(4)50-28(5)24-42/h7-20,25-28H,6,21-24H2,1-5H3,(H,39,44)/t25-,26+,27-,28-/m1/s1. The van der Waals surface area contributed by atoms with Gasteiger partial charge in [0.05, 0.1) is 50.9 Å². The van der Waals surface area contributed by atoms with Gasteiger partial charge in [-0.05, 0) is 106 Å². The van der Waals surface area contributed by atoms with Crippen molar-refractivity contribution in [2.45, 2.75) is 75.2 Å². The Morgan fingerprint density at radius 3 is 1.69 bits per heavy atom. The van der Waals surface area contributed by atoms with Gasteiger partial charge in [-0.15, -0.1) is 0 Å². The topological polar surface area (TPSA) is 152 Å². The van der Waals surface area contributed by atoms with Crippen molar-refractivity contribution in [2.24, 2.45) is 4.99 Å². The van der Waals surface area contributed by atoms with Gasteiger partial charge in [0.2, 0.25) is 20.0 Å². The molecular formula is C37H44N6O7S2. The largest absolute Gasteiger partial charge is 0.373 e. The first-order valence-corrected chi connectivity index (χ1v) is 20.2. The van der Waals surface area contributed by atoms with Crippen LogP contribution in [-0.2, 0) is 35.9 Å². The van der Waals surface area contributed by atoms with Crippen LogP contribution in [0, 0.1) is 0 Å². The molecule has 1 aromatic heterocycles. The van der Waals surface area contributed by atoms with Gasteiger partial charge in [-0.25, -0.2) is 26.5 Å². The number of sulfonamides is 2. The van der Waals surface area contributed by atoms with Crippen molar-refractivity contribution in [1.29, 1.82) is 0 Å². The summed E-state index contributed by atoms with van der Waals surface area (Å²) < 4.78 is 69.3. The number of nitrogens with zero attached hydrogens (tertiary/aromatic N) is 5. The highest BCUT2D eigenvalue weighted by molar-refractivity contribution is 7.89. The number of hydrogen-bond donors (Lipinski definition) is 1. The fraction of sp³-hybridized carbons (Fsp3) is 0.378. The molecule has 15 heteroatoms. The van der Waals surface area contributed by atoms with Gasteiger partial charge in [-0.2, -0.15) is 13.7 Å². The maximum Gasteiger partial charge on any atom is 0.278 e. The highest BCUT2D eigenvalue weighted by atomic mass is 32.2. The van der Waals surface area contributed by atoms with Crippen LogP contribution in [0.3, 0.4) is 0 Å². The summed E-state index contributed by atoms with van der Waals surface area (Å²) in [4.78, 5) is 18.8. The van der Waals surface area contributed by atoms with E-state index in [4.69, 9.17) is 9.47 Å². The van der Waals surface area contributed by atoms with Crippen LogP contribution >= 0.6 is 0 Å². The summed E-state index contributed by atoms with van der Waals surface area (Å²) in [6, 6.07) is 21.6. The van der Waals surface area contributed by atoms with E-state index in [1.54, 1.807) is 29.1 Å². The number of morpholine rings is 2. The van der Waals surface area contributed by atoms with Crippen molar-refractivity contribution in [2.75, 3.05) is 31.5 Å². The maximum atomic E-state index is 13.8. The number of aromatic nitrogens is 2. The van der Waals surface area contributed by atoms with Crippen molar-refractivity contribution < 1.29 is 31.1 Å². The minimum absolute atomic E-state index is 0.00282. The summed E-state index contributed by atoms with van der Waals surface area (Å²) in [5.74, 6) is -0.570. The normalized spacial score (nSPS) is 22.3. The molecular weight excluding hydrogens is 705 g/mol. The summed E-state index contributed by atoms with van der Waals surface area (Å²) in [7, 11) is -7.52. The van der Waals surface area contributed by atoms with E-state index in [0.717, 1.165) is 17.7 Å². The van der Waals surface area contributed by atoms with Crippen LogP contribution in [-0.4, -0.2) is 91.7 Å². The van der Waals surface area contributed by atoms with Gasteiger partial charge >= 0.3 is 0 Å². The van der Waals surface area contributed by atoms with Gasteiger partial charge in [0.15, 0.2) is 5.69 Å². The molecule has 0 radical (unpaired) electrons. The lowest BCUT2D eigenvalue weighted by molar-refractivity contribution is -0.0442. The number of rotatable bonds is 9. The van der Waals surface area contributed by atoms with Gasteiger partial charge in [0.25, 0.3) is 5.91 Å². The fourth-order valence-corrected chi connectivity index (χ4v) is 9.56.